The fourth-order valence-electron chi connectivity index (χ4n) is 1.56. The molecule has 3 heteroatoms. The second-order valence-electron chi connectivity index (χ2n) is 3.65. The summed E-state index contributed by atoms with van der Waals surface area (Å²) in [6.45, 7) is 0. The normalized spacial score (nSPS) is 12.1. The Hall–Kier alpha value is -0.870. The lowest BCUT2D eigenvalue weighted by molar-refractivity contribution is 0.0987. The quantitative estimate of drug-likeness (QED) is 0.451. The maximum Gasteiger partial charge on any atom is 0.185 e. The minimum Gasteiger partial charge on any atom is -0.292 e. The van der Waals surface area contributed by atoms with Crippen LogP contribution in [0, 0.1) is 3.57 Å². The summed E-state index contributed by atoms with van der Waals surface area (Å²) in [5.74, 6) is -0.0589. The van der Waals surface area contributed by atoms with E-state index >= 15 is 0 Å². The number of alkyl halides is 1. The van der Waals surface area contributed by atoms with E-state index < -0.39 is 5.38 Å². The van der Waals surface area contributed by atoms with Gasteiger partial charge in [0.05, 0.1) is 0 Å². The van der Waals surface area contributed by atoms with Crippen molar-refractivity contribution >= 4 is 40.0 Å². The molecule has 1 unspecified atom stereocenters. The molecule has 0 amide bonds. The highest BCUT2D eigenvalue weighted by Gasteiger charge is 2.18. The molecule has 0 heterocycles. The maximum atomic E-state index is 12.2. The highest BCUT2D eigenvalue weighted by Crippen LogP contribution is 2.25. The van der Waals surface area contributed by atoms with E-state index in [0.717, 1.165) is 9.13 Å². The minimum atomic E-state index is -0.616. The molecule has 0 bridgehead atoms. The molecule has 2 rings (SSSR count). The molecular formula is C14H10ClIO. The van der Waals surface area contributed by atoms with E-state index in [4.69, 9.17) is 11.6 Å². The monoisotopic (exact) mass is 356 g/mol. The third-order valence-electron chi connectivity index (χ3n) is 2.43. The first-order valence-electron chi connectivity index (χ1n) is 5.17. The highest BCUT2D eigenvalue weighted by molar-refractivity contribution is 14.1. The van der Waals surface area contributed by atoms with Crippen molar-refractivity contribution in [3.05, 3.63) is 69.3 Å². The Morgan fingerprint density at radius 3 is 2.41 bits per heavy atom. The van der Waals surface area contributed by atoms with Crippen molar-refractivity contribution in [3.63, 3.8) is 0 Å². The first-order valence-corrected chi connectivity index (χ1v) is 6.69. The van der Waals surface area contributed by atoms with E-state index in [0.29, 0.717) is 5.56 Å². The molecule has 17 heavy (non-hydrogen) atoms. The van der Waals surface area contributed by atoms with Crippen LogP contribution >= 0.6 is 34.2 Å². The molecule has 0 saturated heterocycles. The number of rotatable bonds is 3. The van der Waals surface area contributed by atoms with Crippen molar-refractivity contribution in [3.8, 4) is 0 Å². The Morgan fingerprint density at radius 2 is 1.76 bits per heavy atom. The molecule has 0 saturated carbocycles. The van der Waals surface area contributed by atoms with E-state index in [1.807, 2.05) is 48.5 Å². The second-order valence-corrected chi connectivity index (χ2v) is 5.33. The largest absolute Gasteiger partial charge is 0.292 e. The summed E-state index contributed by atoms with van der Waals surface area (Å²) in [5, 5.41) is -0.616. The third-order valence-corrected chi connectivity index (χ3v) is 3.55. The Bertz CT molecular complexity index is 525. The molecule has 1 atom stereocenters. The van der Waals surface area contributed by atoms with Gasteiger partial charge < -0.3 is 0 Å². The van der Waals surface area contributed by atoms with Crippen molar-refractivity contribution < 1.29 is 4.79 Å². The number of carbonyl (C=O) groups is 1. The van der Waals surface area contributed by atoms with Crippen molar-refractivity contribution in [2.75, 3.05) is 0 Å². The van der Waals surface area contributed by atoms with Crippen LogP contribution in [0.2, 0.25) is 0 Å². The SMILES string of the molecule is O=C(c1cccc(I)c1)C(Cl)c1ccccc1. The van der Waals surface area contributed by atoms with Gasteiger partial charge in [-0.05, 0) is 40.3 Å². The van der Waals surface area contributed by atoms with Gasteiger partial charge in [-0.15, -0.1) is 11.6 Å². The molecule has 2 aromatic rings. The van der Waals surface area contributed by atoms with Gasteiger partial charge in [0.15, 0.2) is 5.78 Å². The smallest absolute Gasteiger partial charge is 0.185 e. The lowest BCUT2D eigenvalue weighted by Crippen LogP contribution is -2.07. The van der Waals surface area contributed by atoms with Crippen LogP contribution in [0.15, 0.2) is 54.6 Å². The zero-order valence-corrected chi connectivity index (χ0v) is 11.9. The number of ketones is 1. The van der Waals surface area contributed by atoms with Crippen LogP contribution in [0.3, 0.4) is 0 Å². The van der Waals surface area contributed by atoms with Gasteiger partial charge in [-0.1, -0.05) is 42.5 Å². The number of Topliss-reactive ketones (excluding diaryl/α,β-unsaturated/α-hetero) is 1. The second kappa shape index (κ2) is 5.65. The van der Waals surface area contributed by atoms with Crippen LogP contribution in [-0.2, 0) is 0 Å². The molecule has 0 aromatic heterocycles. The zero-order chi connectivity index (χ0) is 12.3. The molecule has 0 N–H and O–H groups in total. The molecule has 86 valence electrons. The van der Waals surface area contributed by atoms with E-state index in [2.05, 4.69) is 22.6 Å². The van der Waals surface area contributed by atoms with Gasteiger partial charge in [-0.2, -0.15) is 0 Å². The van der Waals surface area contributed by atoms with E-state index in [9.17, 15) is 4.79 Å². The van der Waals surface area contributed by atoms with Crippen molar-refractivity contribution in [2.45, 2.75) is 5.38 Å². The van der Waals surface area contributed by atoms with Crippen LogP contribution in [0.25, 0.3) is 0 Å². The number of hydrogen-bond donors (Lipinski definition) is 0. The fraction of sp³-hybridized carbons (Fsp3) is 0.0714. The van der Waals surface area contributed by atoms with Gasteiger partial charge in [0.25, 0.3) is 0 Å². The molecule has 0 fully saturated rings. The predicted molar refractivity (Wildman–Crippen MR) is 78.5 cm³/mol. The van der Waals surface area contributed by atoms with Gasteiger partial charge in [0, 0.05) is 9.13 Å². The molecule has 1 nitrogen and oxygen atoms in total. The minimum absolute atomic E-state index is 0.0589. The summed E-state index contributed by atoms with van der Waals surface area (Å²) in [6.07, 6.45) is 0. The fourth-order valence-corrected chi connectivity index (χ4v) is 2.38. The van der Waals surface area contributed by atoms with Gasteiger partial charge in [-0.3, -0.25) is 4.79 Å². The molecule has 0 aliphatic heterocycles. The Kier molecular flexibility index (Phi) is 4.18. The molecule has 0 spiro atoms. The van der Waals surface area contributed by atoms with Crippen molar-refractivity contribution in [1.29, 1.82) is 0 Å². The Balaban J connectivity index is 2.27. The van der Waals surface area contributed by atoms with E-state index in [1.165, 1.54) is 0 Å². The topological polar surface area (TPSA) is 17.1 Å². The van der Waals surface area contributed by atoms with E-state index in [1.54, 1.807) is 6.07 Å². The first-order chi connectivity index (χ1) is 8.18. The van der Waals surface area contributed by atoms with Crippen LogP contribution in [0.5, 0.6) is 0 Å². The zero-order valence-electron chi connectivity index (χ0n) is 8.94. The Morgan fingerprint density at radius 1 is 1.06 bits per heavy atom. The number of hydrogen-bond acceptors (Lipinski definition) is 1. The predicted octanol–water partition coefficient (Wildman–Crippen LogP) is 4.45. The number of carbonyl (C=O) groups excluding carboxylic acids is 1. The van der Waals surface area contributed by atoms with Crippen LogP contribution in [0.1, 0.15) is 21.3 Å². The van der Waals surface area contributed by atoms with E-state index in [-0.39, 0.29) is 5.78 Å². The average molecular weight is 357 g/mol. The summed E-state index contributed by atoms with van der Waals surface area (Å²) in [7, 11) is 0. The van der Waals surface area contributed by atoms with Gasteiger partial charge in [0.1, 0.15) is 5.38 Å². The highest BCUT2D eigenvalue weighted by atomic mass is 127. The third kappa shape index (κ3) is 3.07. The molecule has 0 aliphatic carbocycles. The summed E-state index contributed by atoms with van der Waals surface area (Å²) in [4.78, 5) is 12.2. The molecule has 2 aromatic carbocycles. The molecule has 0 aliphatic rings. The van der Waals surface area contributed by atoms with Crippen molar-refractivity contribution in [1.82, 2.24) is 0 Å². The summed E-state index contributed by atoms with van der Waals surface area (Å²) in [5.41, 5.74) is 1.48. The lowest BCUT2D eigenvalue weighted by atomic mass is 10.0. The standard InChI is InChI=1S/C14H10ClIO/c15-13(10-5-2-1-3-6-10)14(17)11-7-4-8-12(16)9-11/h1-9,13H. The number of halogens is 2. The van der Waals surface area contributed by atoms with Gasteiger partial charge >= 0.3 is 0 Å². The Labute approximate surface area is 119 Å². The van der Waals surface area contributed by atoms with Crippen LogP contribution in [0.4, 0.5) is 0 Å². The maximum absolute atomic E-state index is 12.2. The van der Waals surface area contributed by atoms with Crippen LogP contribution in [-0.4, -0.2) is 5.78 Å². The first kappa shape index (κ1) is 12.6. The van der Waals surface area contributed by atoms with Crippen molar-refractivity contribution in [2.24, 2.45) is 0 Å². The summed E-state index contributed by atoms with van der Waals surface area (Å²) < 4.78 is 1.03. The lowest BCUT2D eigenvalue weighted by Gasteiger charge is -2.08. The molecule has 0 radical (unpaired) electrons. The average Bonchev–Trinajstić information content (AvgIpc) is 2.38. The summed E-state index contributed by atoms with van der Waals surface area (Å²) >= 11 is 8.37. The van der Waals surface area contributed by atoms with Gasteiger partial charge in [0.2, 0.25) is 0 Å². The van der Waals surface area contributed by atoms with Gasteiger partial charge in [-0.25, -0.2) is 0 Å². The molecular weight excluding hydrogens is 347 g/mol. The number of benzene rings is 2. The summed E-state index contributed by atoms with van der Waals surface area (Å²) in [6, 6.07) is 16.9. The van der Waals surface area contributed by atoms with Crippen LogP contribution < -0.4 is 0 Å².